The summed E-state index contributed by atoms with van der Waals surface area (Å²) in [6.45, 7) is 1.87. The Labute approximate surface area is 150 Å². The Kier molecular flexibility index (Phi) is 3.75. The third-order valence-corrected chi connectivity index (χ3v) is 6.33. The Hall–Kier alpha value is -2.51. The van der Waals surface area contributed by atoms with Crippen LogP contribution < -0.4 is 4.72 Å². The van der Waals surface area contributed by atoms with Gasteiger partial charge in [0.1, 0.15) is 5.82 Å². The zero-order valence-electron chi connectivity index (χ0n) is 14.0. The van der Waals surface area contributed by atoms with E-state index in [4.69, 9.17) is 0 Å². The van der Waals surface area contributed by atoms with Gasteiger partial charge in [-0.2, -0.15) is 0 Å². The predicted octanol–water partition coefficient (Wildman–Crippen LogP) is 3.37. The molecule has 4 rings (SSSR count). The summed E-state index contributed by atoms with van der Waals surface area (Å²) < 4.78 is 40.7. The normalized spacial score (nSPS) is 15.9. The average Bonchev–Trinajstić information content (AvgIpc) is 3.17. The van der Waals surface area contributed by atoms with Crippen LogP contribution in [0.15, 0.2) is 53.6 Å². The van der Waals surface area contributed by atoms with Crippen molar-refractivity contribution in [3.05, 3.63) is 65.6 Å². The van der Waals surface area contributed by atoms with E-state index in [1.54, 1.807) is 12.3 Å². The van der Waals surface area contributed by atoms with Gasteiger partial charge in [-0.3, -0.25) is 4.79 Å². The van der Waals surface area contributed by atoms with Crippen molar-refractivity contribution in [2.45, 2.75) is 30.2 Å². The van der Waals surface area contributed by atoms with Gasteiger partial charge in [-0.1, -0.05) is 6.07 Å². The lowest BCUT2D eigenvalue weighted by Crippen LogP contribution is -2.34. The minimum Gasteiger partial charge on any atom is -0.360 e. The standard InChI is InChI=1S/C19H17FN2O3S/c1-19(8-9-19)22-26(24,25)14-6-7-15-16(11-21-17(15)10-14)18(23)12-2-4-13(20)5-3-12/h2-7,10-11,21-22H,8-9H2,1H3. The first kappa shape index (κ1) is 16.9. The molecule has 3 aromatic rings. The van der Waals surface area contributed by atoms with Crippen LogP contribution in [0.2, 0.25) is 0 Å². The molecule has 1 heterocycles. The molecule has 5 nitrogen and oxygen atoms in total. The van der Waals surface area contributed by atoms with Crippen LogP contribution >= 0.6 is 0 Å². The van der Waals surface area contributed by atoms with Crippen molar-refractivity contribution in [3.8, 4) is 0 Å². The number of nitrogens with one attached hydrogen (secondary N) is 2. The fourth-order valence-corrected chi connectivity index (χ4v) is 4.38. The Morgan fingerprint density at radius 1 is 1.15 bits per heavy atom. The molecule has 0 saturated heterocycles. The quantitative estimate of drug-likeness (QED) is 0.674. The number of halogens is 1. The van der Waals surface area contributed by atoms with Gasteiger partial charge in [-0.15, -0.1) is 0 Å². The number of H-pyrrole nitrogens is 1. The number of fused-ring (bicyclic) bond motifs is 1. The Morgan fingerprint density at radius 2 is 1.85 bits per heavy atom. The first-order valence-corrected chi connectivity index (χ1v) is 9.71. The molecule has 2 N–H and O–H groups in total. The number of benzene rings is 2. The van der Waals surface area contributed by atoms with Crippen molar-refractivity contribution < 1.29 is 17.6 Å². The minimum absolute atomic E-state index is 0.153. The lowest BCUT2D eigenvalue weighted by Gasteiger charge is -2.12. The number of ketones is 1. The van der Waals surface area contributed by atoms with E-state index in [1.807, 2.05) is 6.92 Å². The number of carbonyl (C=O) groups excluding carboxylic acids is 1. The molecule has 0 spiro atoms. The smallest absolute Gasteiger partial charge is 0.241 e. The maximum atomic E-state index is 13.0. The molecule has 1 aromatic heterocycles. The first-order chi connectivity index (χ1) is 12.3. The number of sulfonamides is 1. The van der Waals surface area contributed by atoms with Crippen molar-refractivity contribution in [2.24, 2.45) is 0 Å². The van der Waals surface area contributed by atoms with E-state index >= 15 is 0 Å². The molecule has 0 unspecified atom stereocenters. The largest absolute Gasteiger partial charge is 0.360 e. The summed E-state index contributed by atoms with van der Waals surface area (Å²) in [6, 6.07) is 9.95. The number of rotatable bonds is 5. The van der Waals surface area contributed by atoms with Crippen LogP contribution in [0.4, 0.5) is 4.39 Å². The topological polar surface area (TPSA) is 79.0 Å². The van der Waals surface area contributed by atoms with Crippen molar-refractivity contribution >= 4 is 26.7 Å². The number of hydrogen-bond acceptors (Lipinski definition) is 3. The lowest BCUT2D eigenvalue weighted by molar-refractivity contribution is 0.104. The lowest BCUT2D eigenvalue weighted by atomic mass is 10.0. The second kappa shape index (κ2) is 5.75. The SMILES string of the molecule is CC1(NS(=O)(=O)c2ccc3c(C(=O)c4ccc(F)cc4)c[nH]c3c2)CC1. The van der Waals surface area contributed by atoms with Crippen LogP contribution in [-0.2, 0) is 10.0 Å². The maximum Gasteiger partial charge on any atom is 0.241 e. The van der Waals surface area contributed by atoms with Gasteiger partial charge in [-0.05, 0) is 56.2 Å². The van der Waals surface area contributed by atoms with Crippen LogP contribution in [-0.4, -0.2) is 24.7 Å². The Bertz CT molecular complexity index is 1110. The van der Waals surface area contributed by atoms with Gasteiger partial charge in [0.05, 0.1) is 4.90 Å². The molecule has 2 aromatic carbocycles. The van der Waals surface area contributed by atoms with Crippen LogP contribution in [0, 0.1) is 5.82 Å². The first-order valence-electron chi connectivity index (χ1n) is 8.23. The van der Waals surface area contributed by atoms with Crippen molar-refractivity contribution in [1.29, 1.82) is 0 Å². The Balaban J connectivity index is 1.69. The van der Waals surface area contributed by atoms with Gasteiger partial charge in [0.2, 0.25) is 10.0 Å². The van der Waals surface area contributed by atoms with Crippen LogP contribution in [0.3, 0.4) is 0 Å². The third kappa shape index (κ3) is 3.04. The summed E-state index contributed by atoms with van der Waals surface area (Å²) in [5, 5.41) is 0.621. The molecule has 0 atom stereocenters. The highest BCUT2D eigenvalue weighted by molar-refractivity contribution is 7.89. The number of aromatic amines is 1. The molecular weight excluding hydrogens is 355 g/mol. The van der Waals surface area contributed by atoms with E-state index in [0.29, 0.717) is 22.0 Å². The molecule has 1 aliphatic carbocycles. The minimum atomic E-state index is -3.61. The molecular formula is C19H17FN2O3S. The van der Waals surface area contributed by atoms with E-state index in [9.17, 15) is 17.6 Å². The third-order valence-electron chi connectivity index (χ3n) is 4.70. The summed E-state index contributed by atoms with van der Waals surface area (Å²) in [5.74, 6) is -0.664. The summed E-state index contributed by atoms with van der Waals surface area (Å²) in [5.41, 5.74) is 0.983. The van der Waals surface area contributed by atoms with Gasteiger partial charge in [0, 0.05) is 33.8 Å². The molecule has 1 saturated carbocycles. The number of aromatic nitrogens is 1. The van der Waals surface area contributed by atoms with Crippen molar-refractivity contribution in [2.75, 3.05) is 0 Å². The summed E-state index contributed by atoms with van der Waals surface area (Å²) >= 11 is 0. The fraction of sp³-hybridized carbons (Fsp3) is 0.211. The summed E-state index contributed by atoms with van der Waals surface area (Å²) in [7, 11) is -3.61. The van der Waals surface area contributed by atoms with E-state index in [0.717, 1.165) is 12.8 Å². The van der Waals surface area contributed by atoms with E-state index < -0.39 is 15.8 Å². The summed E-state index contributed by atoms with van der Waals surface area (Å²) in [4.78, 5) is 15.7. The van der Waals surface area contributed by atoms with Gasteiger partial charge in [0.25, 0.3) is 0 Å². The fourth-order valence-electron chi connectivity index (χ4n) is 2.89. The van der Waals surface area contributed by atoms with Gasteiger partial charge in [-0.25, -0.2) is 17.5 Å². The molecule has 1 aliphatic rings. The second-order valence-corrected chi connectivity index (χ2v) is 8.59. The van der Waals surface area contributed by atoms with Crippen LogP contribution in [0.5, 0.6) is 0 Å². The van der Waals surface area contributed by atoms with Gasteiger partial charge >= 0.3 is 0 Å². The van der Waals surface area contributed by atoms with Crippen molar-refractivity contribution in [3.63, 3.8) is 0 Å². The van der Waals surface area contributed by atoms with E-state index in [2.05, 4.69) is 9.71 Å². The average molecular weight is 372 g/mol. The number of hydrogen-bond donors (Lipinski definition) is 2. The van der Waals surface area contributed by atoms with Crippen LogP contribution in [0.1, 0.15) is 35.7 Å². The molecule has 134 valence electrons. The number of carbonyl (C=O) groups is 1. The van der Waals surface area contributed by atoms with E-state index in [1.165, 1.54) is 36.4 Å². The van der Waals surface area contributed by atoms with Crippen molar-refractivity contribution in [1.82, 2.24) is 9.71 Å². The molecule has 0 bridgehead atoms. The molecule has 26 heavy (non-hydrogen) atoms. The predicted molar refractivity (Wildman–Crippen MR) is 96.1 cm³/mol. The molecule has 1 fully saturated rings. The summed E-state index contributed by atoms with van der Waals surface area (Å²) in [6.07, 6.45) is 3.20. The van der Waals surface area contributed by atoms with E-state index in [-0.39, 0.29) is 16.2 Å². The maximum absolute atomic E-state index is 13.0. The highest BCUT2D eigenvalue weighted by Crippen LogP contribution is 2.36. The zero-order valence-corrected chi connectivity index (χ0v) is 14.9. The Morgan fingerprint density at radius 3 is 2.50 bits per heavy atom. The monoisotopic (exact) mass is 372 g/mol. The molecule has 0 amide bonds. The second-order valence-electron chi connectivity index (χ2n) is 6.91. The molecule has 0 aliphatic heterocycles. The highest BCUT2D eigenvalue weighted by Gasteiger charge is 2.41. The zero-order chi connectivity index (χ0) is 18.5. The van der Waals surface area contributed by atoms with Gasteiger partial charge < -0.3 is 4.98 Å². The highest BCUT2D eigenvalue weighted by atomic mass is 32.2. The van der Waals surface area contributed by atoms with Gasteiger partial charge in [0.15, 0.2) is 5.78 Å². The molecule has 7 heteroatoms. The van der Waals surface area contributed by atoms with Crippen LogP contribution in [0.25, 0.3) is 10.9 Å². The molecule has 0 radical (unpaired) electrons.